The van der Waals surface area contributed by atoms with E-state index in [9.17, 15) is 0 Å². The van der Waals surface area contributed by atoms with Crippen LogP contribution in [0.1, 0.15) is 37.5 Å². The normalized spacial score (nSPS) is 13.2. The summed E-state index contributed by atoms with van der Waals surface area (Å²) in [4.78, 5) is 0. The third-order valence-corrected chi connectivity index (χ3v) is 8.66. The van der Waals surface area contributed by atoms with Gasteiger partial charge < -0.3 is 9.53 Å². The van der Waals surface area contributed by atoms with Gasteiger partial charge in [-0.1, -0.05) is 51.1 Å². The van der Waals surface area contributed by atoms with Crippen LogP contribution in [0.2, 0.25) is 18.1 Å². The van der Waals surface area contributed by atoms with Gasteiger partial charge in [-0.2, -0.15) is 0 Å². The number of hydrogen-bond acceptors (Lipinski definition) is 2. The van der Waals surface area contributed by atoms with Gasteiger partial charge in [-0.15, -0.1) is 0 Å². The number of hydrogen-bond donors (Lipinski definition) is 1. The van der Waals surface area contributed by atoms with Crippen LogP contribution in [-0.4, -0.2) is 20.0 Å². The summed E-state index contributed by atoms with van der Waals surface area (Å²) in [7, 11) is -1.69. The second-order valence-corrected chi connectivity index (χ2v) is 11.6. The number of benzene rings is 1. The molecule has 1 aromatic carbocycles. The lowest BCUT2D eigenvalue weighted by Crippen LogP contribution is -2.40. The van der Waals surface area contributed by atoms with Gasteiger partial charge in [-0.05, 0) is 41.7 Å². The van der Waals surface area contributed by atoms with Gasteiger partial charge >= 0.3 is 0 Å². The van der Waals surface area contributed by atoms with Gasteiger partial charge in [0.25, 0.3) is 0 Å². The molecule has 0 heterocycles. The molecule has 20 heavy (non-hydrogen) atoms. The molecule has 3 heteroatoms. The predicted molar refractivity (Wildman–Crippen MR) is 89.3 cm³/mol. The maximum Gasteiger partial charge on any atom is 0.192 e. The van der Waals surface area contributed by atoms with Crippen LogP contribution in [-0.2, 0) is 11.0 Å². The van der Waals surface area contributed by atoms with Gasteiger partial charge in [0.1, 0.15) is 0 Å². The molecule has 0 atom stereocenters. The van der Waals surface area contributed by atoms with Crippen LogP contribution < -0.4 is 0 Å². The fourth-order valence-electron chi connectivity index (χ4n) is 1.65. The Kier molecular flexibility index (Phi) is 5.75. The Labute approximate surface area is 124 Å². The first-order chi connectivity index (χ1) is 9.17. The van der Waals surface area contributed by atoms with Gasteiger partial charge in [0.05, 0.1) is 13.2 Å². The number of rotatable bonds is 5. The topological polar surface area (TPSA) is 29.5 Å². The Morgan fingerprint density at radius 1 is 1.25 bits per heavy atom. The molecule has 1 N–H and O–H groups in total. The van der Waals surface area contributed by atoms with Crippen LogP contribution >= 0.6 is 0 Å². The highest BCUT2D eigenvalue weighted by atomic mass is 28.4. The highest BCUT2D eigenvalue weighted by Gasteiger charge is 2.37. The number of aliphatic hydroxyl groups is 1. The first-order valence-electron chi connectivity index (χ1n) is 7.18. The highest BCUT2D eigenvalue weighted by molar-refractivity contribution is 6.74. The summed E-state index contributed by atoms with van der Waals surface area (Å²) >= 11 is 0. The largest absolute Gasteiger partial charge is 0.413 e. The predicted octanol–water partition coefficient (Wildman–Crippen LogP) is 4.52. The summed E-state index contributed by atoms with van der Waals surface area (Å²) in [6, 6.07) is 6.33. The van der Waals surface area contributed by atoms with Gasteiger partial charge in [0.15, 0.2) is 8.32 Å². The Balaban J connectivity index is 2.77. The van der Waals surface area contributed by atoms with Crippen molar-refractivity contribution in [2.24, 2.45) is 0 Å². The van der Waals surface area contributed by atoms with E-state index >= 15 is 0 Å². The molecule has 112 valence electrons. The van der Waals surface area contributed by atoms with Crippen molar-refractivity contribution in [1.82, 2.24) is 0 Å². The van der Waals surface area contributed by atoms with E-state index < -0.39 is 8.32 Å². The molecule has 1 rings (SSSR count). The molecule has 0 saturated heterocycles. The molecule has 0 unspecified atom stereocenters. The zero-order valence-electron chi connectivity index (χ0n) is 13.7. The second kappa shape index (κ2) is 6.70. The minimum Gasteiger partial charge on any atom is -0.413 e. The molecule has 2 nitrogen and oxygen atoms in total. The summed E-state index contributed by atoms with van der Waals surface area (Å²) < 4.78 is 6.26. The minimum atomic E-state index is -1.69. The smallest absolute Gasteiger partial charge is 0.192 e. The van der Waals surface area contributed by atoms with E-state index in [1.165, 1.54) is 11.1 Å². The molecule has 0 aliphatic heterocycles. The van der Waals surface area contributed by atoms with E-state index in [1.54, 1.807) is 6.08 Å². The van der Waals surface area contributed by atoms with Gasteiger partial charge in [0.2, 0.25) is 0 Å². The molecular weight excluding hydrogens is 264 g/mol. The van der Waals surface area contributed by atoms with Gasteiger partial charge in [-0.25, -0.2) is 0 Å². The third kappa shape index (κ3) is 4.58. The summed E-state index contributed by atoms with van der Waals surface area (Å²) in [6.45, 7) is 14.2. The summed E-state index contributed by atoms with van der Waals surface area (Å²) in [5.74, 6) is 0. The first-order valence-corrected chi connectivity index (χ1v) is 10.1. The number of aryl methyl sites for hydroxylation is 1. The first kappa shape index (κ1) is 17.1. The molecule has 0 aromatic heterocycles. The molecule has 0 aliphatic carbocycles. The van der Waals surface area contributed by atoms with Crippen LogP contribution in [0.15, 0.2) is 24.3 Å². The zero-order chi connectivity index (χ0) is 15.4. The van der Waals surface area contributed by atoms with E-state index in [2.05, 4.69) is 59.0 Å². The second-order valence-electron chi connectivity index (χ2n) is 6.82. The quantitative estimate of drug-likeness (QED) is 0.808. The summed E-state index contributed by atoms with van der Waals surface area (Å²) in [5.41, 5.74) is 3.60. The molecule has 0 amide bonds. The Hall–Kier alpha value is -0.903. The van der Waals surface area contributed by atoms with Crippen molar-refractivity contribution in [3.8, 4) is 0 Å². The highest BCUT2D eigenvalue weighted by Crippen LogP contribution is 2.37. The van der Waals surface area contributed by atoms with Crippen molar-refractivity contribution in [3.05, 3.63) is 41.0 Å². The third-order valence-electron chi connectivity index (χ3n) is 4.18. The van der Waals surface area contributed by atoms with Crippen LogP contribution in [0.4, 0.5) is 0 Å². The lowest BCUT2D eigenvalue weighted by molar-refractivity contribution is 0.275. The maximum absolute atomic E-state index is 8.80. The van der Waals surface area contributed by atoms with E-state index in [0.717, 1.165) is 5.56 Å². The standard InChI is InChI=1S/C17H28O2Si/c1-14-12-15(8-7-11-18)9-10-16(14)13-19-20(5,6)17(2,3)4/h7-10,12,18H,11,13H2,1-6H3/b8-7+. The lowest BCUT2D eigenvalue weighted by Gasteiger charge is -2.36. The van der Waals surface area contributed by atoms with Crippen molar-refractivity contribution in [2.45, 2.75) is 52.4 Å². The van der Waals surface area contributed by atoms with E-state index in [-0.39, 0.29) is 11.6 Å². The Morgan fingerprint density at radius 2 is 1.90 bits per heavy atom. The lowest BCUT2D eigenvalue weighted by atomic mass is 10.1. The van der Waals surface area contributed by atoms with Crippen molar-refractivity contribution in [1.29, 1.82) is 0 Å². The van der Waals surface area contributed by atoms with E-state index in [0.29, 0.717) is 6.61 Å². The summed E-state index contributed by atoms with van der Waals surface area (Å²) in [6.07, 6.45) is 3.69. The van der Waals surface area contributed by atoms with Gasteiger partial charge in [0, 0.05) is 0 Å². The fourth-order valence-corrected chi connectivity index (χ4v) is 2.60. The zero-order valence-corrected chi connectivity index (χ0v) is 14.7. The van der Waals surface area contributed by atoms with Gasteiger partial charge in [-0.3, -0.25) is 0 Å². The van der Waals surface area contributed by atoms with Crippen LogP contribution in [0.3, 0.4) is 0 Å². The average molecular weight is 292 g/mol. The molecule has 0 radical (unpaired) electrons. The molecule has 0 bridgehead atoms. The van der Waals surface area contributed by atoms with Crippen LogP contribution in [0, 0.1) is 6.92 Å². The van der Waals surface area contributed by atoms with Crippen molar-refractivity contribution in [3.63, 3.8) is 0 Å². The SMILES string of the molecule is Cc1cc(/C=C/CO)ccc1CO[Si](C)(C)C(C)(C)C. The van der Waals surface area contributed by atoms with Crippen molar-refractivity contribution in [2.75, 3.05) is 6.61 Å². The summed E-state index contributed by atoms with van der Waals surface area (Å²) in [5, 5.41) is 9.04. The molecule has 0 saturated carbocycles. The van der Waals surface area contributed by atoms with Crippen LogP contribution in [0.5, 0.6) is 0 Å². The average Bonchev–Trinajstić information content (AvgIpc) is 2.33. The van der Waals surface area contributed by atoms with Crippen molar-refractivity contribution < 1.29 is 9.53 Å². The van der Waals surface area contributed by atoms with E-state index in [4.69, 9.17) is 9.53 Å². The molecule has 1 aromatic rings. The van der Waals surface area contributed by atoms with E-state index in [1.807, 2.05) is 6.08 Å². The monoisotopic (exact) mass is 292 g/mol. The molecular formula is C17H28O2Si. The van der Waals surface area contributed by atoms with Crippen molar-refractivity contribution >= 4 is 14.4 Å². The Bertz CT molecular complexity index is 470. The molecule has 0 fully saturated rings. The van der Waals surface area contributed by atoms with Crippen LogP contribution in [0.25, 0.3) is 6.08 Å². The maximum atomic E-state index is 8.80. The minimum absolute atomic E-state index is 0.0787. The Morgan fingerprint density at radius 3 is 2.40 bits per heavy atom. The molecule has 0 spiro atoms. The fraction of sp³-hybridized carbons (Fsp3) is 0.529. The molecule has 0 aliphatic rings. The number of aliphatic hydroxyl groups excluding tert-OH is 1.